The van der Waals surface area contributed by atoms with Crippen molar-refractivity contribution in [2.45, 2.75) is 39.5 Å². The van der Waals surface area contributed by atoms with Gasteiger partial charge in [-0.1, -0.05) is 13.3 Å². The van der Waals surface area contributed by atoms with Gasteiger partial charge in [-0.15, -0.1) is 0 Å². The molecule has 5 nitrogen and oxygen atoms in total. The number of ether oxygens (including phenoxy) is 1. The lowest BCUT2D eigenvalue weighted by molar-refractivity contribution is 0.304. The maximum Gasteiger partial charge on any atom is 0.228 e. The van der Waals surface area contributed by atoms with Crippen molar-refractivity contribution in [2.75, 3.05) is 31.6 Å². The molecule has 0 amide bonds. The highest BCUT2D eigenvalue weighted by molar-refractivity contribution is 5.33. The van der Waals surface area contributed by atoms with Crippen LogP contribution in [0.4, 0.5) is 5.95 Å². The molecule has 0 saturated heterocycles. The second-order valence-corrected chi connectivity index (χ2v) is 4.77. The first-order valence-electron chi connectivity index (χ1n) is 7.07. The predicted octanol–water partition coefficient (Wildman–Crippen LogP) is 2.14. The van der Waals surface area contributed by atoms with Gasteiger partial charge in [-0.2, -0.15) is 4.98 Å². The van der Waals surface area contributed by atoms with Crippen molar-refractivity contribution >= 4 is 5.95 Å². The van der Waals surface area contributed by atoms with Crippen LogP contribution in [-0.2, 0) is 0 Å². The van der Waals surface area contributed by atoms with E-state index in [0.717, 1.165) is 50.4 Å². The van der Waals surface area contributed by atoms with Gasteiger partial charge in [-0.25, -0.2) is 4.98 Å². The normalized spacial score (nSPS) is 10.5. The van der Waals surface area contributed by atoms with Gasteiger partial charge < -0.3 is 15.4 Å². The van der Waals surface area contributed by atoms with Gasteiger partial charge in [-0.05, 0) is 32.7 Å². The molecule has 1 rings (SSSR count). The van der Waals surface area contributed by atoms with E-state index in [1.54, 1.807) is 0 Å². The Morgan fingerprint density at radius 1 is 1.26 bits per heavy atom. The first kappa shape index (κ1) is 15.7. The van der Waals surface area contributed by atoms with Crippen molar-refractivity contribution in [3.8, 4) is 5.88 Å². The molecule has 0 spiro atoms. The summed E-state index contributed by atoms with van der Waals surface area (Å²) in [7, 11) is 2.01. The van der Waals surface area contributed by atoms with E-state index in [9.17, 15) is 0 Å². The van der Waals surface area contributed by atoms with Gasteiger partial charge in [0.25, 0.3) is 0 Å². The van der Waals surface area contributed by atoms with Gasteiger partial charge in [-0.3, -0.25) is 0 Å². The maximum atomic E-state index is 5.58. The quantitative estimate of drug-likeness (QED) is 0.694. The summed E-state index contributed by atoms with van der Waals surface area (Å²) in [6.07, 6.45) is 4.31. The molecule has 5 heteroatoms. The number of aromatic nitrogens is 2. The Labute approximate surface area is 116 Å². The van der Waals surface area contributed by atoms with E-state index >= 15 is 0 Å². The molecule has 0 atom stereocenters. The Kier molecular flexibility index (Phi) is 7.18. The minimum absolute atomic E-state index is 0.665. The van der Waals surface area contributed by atoms with E-state index in [1.807, 2.05) is 20.0 Å². The van der Waals surface area contributed by atoms with E-state index in [-0.39, 0.29) is 0 Å². The highest BCUT2D eigenvalue weighted by Crippen LogP contribution is 2.15. The molecule has 0 aliphatic carbocycles. The molecule has 108 valence electrons. The number of aryl methyl sites for hydroxylation is 1. The van der Waals surface area contributed by atoms with Gasteiger partial charge in [0.05, 0.1) is 6.61 Å². The summed E-state index contributed by atoms with van der Waals surface area (Å²) in [6, 6.07) is 1.88. The first-order chi connectivity index (χ1) is 9.17. The third-order valence-corrected chi connectivity index (χ3v) is 2.81. The molecule has 0 aliphatic rings. The van der Waals surface area contributed by atoms with Gasteiger partial charge >= 0.3 is 0 Å². The Morgan fingerprint density at radius 2 is 2.05 bits per heavy atom. The molecule has 0 bridgehead atoms. The van der Waals surface area contributed by atoms with Crippen LogP contribution in [0.1, 0.15) is 38.3 Å². The van der Waals surface area contributed by atoms with Gasteiger partial charge in [0.2, 0.25) is 11.8 Å². The van der Waals surface area contributed by atoms with Crippen LogP contribution in [0.3, 0.4) is 0 Å². The van der Waals surface area contributed by atoms with Crippen molar-refractivity contribution in [1.29, 1.82) is 0 Å². The third-order valence-electron chi connectivity index (χ3n) is 2.81. The monoisotopic (exact) mass is 266 g/mol. The molecule has 1 aromatic rings. The fourth-order valence-corrected chi connectivity index (χ4v) is 1.75. The molecule has 0 unspecified atom stereocenters. The van der Waals surface area contributed by atoms with Crippen molar-refractivity contribution in [3.05, 3.63) is 11.8 Å². The van der Waals surface area contributed by atoms with Crippen LogP contribution in [-0.4, -0.2) is 36.7 Å². The predicted molar refractivity (Wildman–Crippen MR) is 78.7 cm³/mol. The second kappa shape index (κ2) is 8.69. The molecular formula is C14H26N4O. The van der Waals surface area contributed by atoms with Crippen LogP contribution in [0.2, 0.25) is 0 Å². The first-order valence-corrected chi connectivity index (χ1v) is 7.07. The number of nitrogens with two attached hydrogens (primary N) is 1. The van der Waals surface area contributed by atoms with Crippen molar-refractivity contribution in [1.82, 2.24) is 9.97 Å². The number of hydrogen-bond acceptors (Lipinski definition) is 5. The molecule has 0 fully saturated rings. The molecule has 19 heavy (non-hydrogen) atoms. The van der Waals surface area contributed by atoms with Crippen LogP contribution < -0.4 is 15.4 Å². The third kappa shape index (κ3) is 5.87. The number of hydrogen-bond donors (Lipinski definition) is 1. The van der Waals surface area contributed by atoms with Crippen LogP contribution in [0.15, 0.2) is 6.07 Å². The van der Waals surface area contributed by atoms with E-state index in [2.05, 4.69) is 21.8 Å². The largest absolute Gasteiger partial charge is 0.478 e. The van der Waals surface area contributed by atoms with Gasteiger partial charge in [0.1, 0.15) is 0 Å². The van der Waals surface area contributed by atoms with Crippen LogP contribution >= 0.6 is 0 Å². The summed E-state index contributed by atoms with van der Waals surface area (Å²) < 4.78 is 5.58. The molecule has 0 aliphatic heterocycles. The summed E-state index contributed by atoms with van der Waals surface area (Å²) in [5.41, 5.74) is 6.42. The SMILES string of the molecule is CCCOc1cc(C)nc(N(C)CCCCCN)n1. The van der Waals surface area contributed by atoms with Crippen molar-refractivity contribution < 1.29 is 4.74 Å². The van der Waals surface area contributed by atoms with Crippen LogP contribution in [0.5, 0.6) is 5.88 Å². The standard InChI is InChI=1S/C14H26N4O/c1-4-10-19-13-11-12(2)16-14(17-13)18(3)9-7-5-6-8-15/h11H,4-10,15H2,1-3H3. The zero-order valence-corrected chi connectivity index (χ0v) is 12.4. The van der Waals surface area contributed by atoms with E-state index in [0.29, 0.717) is 12.5 Å². The number of anilines is 1. The summed E-state index contributed by atoms with van der Waals surface area (Å²) in [4.78, 5) is 11.0. The average Bonchev–Trinajstić information content (AvgIpc) is 2.40. The molecule has 0 aromatic carbocycles. The summed E-state index contributed by atoms with van der Waals surface area (Å²) in [5.74, 6) is 1.40. The minimum atomic E-state index is 0.665. The average molecular weight is 266 g/mol. The van der Waals surface area contributed by atoms with E-state index in [1.165, 1.54) is 0 Å². The van der Waals surface area contributed by atoms with E-state index in [4.69, 9.17) is 10.5 Å². The van der Waals surface area contributed by atoms with Crippen molar-refractivity contribution in [2.24, 2.45) is 5.73 Å². The van der Waals surface area contributed by atoms with E-state index < -0.39 is 0 Å². The molecule has 0 radical (unpaired) electrons. The van der Waals surface area contributed by atoms with Gasteiger partial charge in [0.15, 0.2) is 0 Å². The molecule has 0 saturated carbocycles. The Balaban J connectivity index is 2.57. The van der Waals surface area contributed by atoms with Crippen molar-refractivity contribution in [3.63, 3.8) is 0 Å². The minimum Gasteiger partial charge on any atom is -0.478 e. The maximum absolute atomic E-state index is 5.58. The lowest BCUT2D eigenvalue weighted by Gasteiger charge is -2.18. The second-order valence-electron chi connectivity index (χ2n) is 4.77. The lowest BCUT2D eigenvalue weighted by Crippen LogP contribution is -2.21. The fraction of sp³-hybridized carbons (Fsp3) is 0.714. The van der Waals surface area contributed by atoms with Crippen LogP contribution in [0.25, 0.3) is 0 Å². The zero-order valence-electron chi connectivity index (χ0n) is 12.4. The highest BCUT2D eigenvalue weighted by Gasteiger charge is 2.07. The molecular weight excluding hydrogens is 240 g/mol. The van der Waals surface area contributed by atoms with Crippen LogP contribution in [0, 0.1) is 6.92 Å². The van der Waals surface area contributed by atoms with Gasteiger partial charge in [0, 0.05) is 25.4 Å². The topological polar surface area (TPSA) is 64.3 Å². The highest BCUT2D eigenvalue weighted by atomic mass is 16.5. The number of rotatable bonds is 9. The summed E-state index contributed by atoms with van der Waals surface area (Å²) in [6.45, 7) is 6.44. The summed E-state index contributed by atoms with van der Waals surface area (Å²) >= 11 is 0. The number of nitrogens with zero attached hydrogens (tertiary/aromatic N) is 3. The fourth-order valence-electron chi connectivity index (χ4n) is 1.75. The Hall–Kier alpha value is -1.36. The molecule has 1 heterocycles. The Morgan fingerprint density at radius 3 is 2.74 bits per heavy atom. The Bertz CT molecular complexity index is 370. The zero-order chi connectivity index (χ0) is 14.1. The molecule has 1 aromatic heterocycles. The lowest BCUT2D eigenvalue weighted by atomic mass is 10.2. The number of unbranched alkanes of at least 4 members (excludes halogenated alkanes) is 2. The molecule has 2 N–H and O–H groups in total. The smallest absolute Gasteiger partial charge is 0.228 e. The summed E-state index contributed by atoms with van der Waals surface area (Å²) in [5, 5.41) is 0.